The molecule has 112 valence electrons. The summed E-state index contributed by atoms with van der Waals surface area (Å²) in [5.41, 5.74) is 7.01. The maximum atomic E-state index is 12.5. The second-order valence-electron chi connectivity index (χ2n) is 4.90. The molecule has 1 aliphatic heterocycles. The molecule has 0 bridgehead atoms. The Labute approximate surface area is 137 Å². The van der Waals surface area contributed by atoms with E-state index in [1.54, 1.807) is 30.3 Å². The van der Waals surface area contributed by atoms with Crippen LogP contribution >= 0.6 is 23.4 Å². The fraction of sp³-hybridized carbons (Fsp3) is 0.125. The van der Waals surface area contributed by atoms with Crippen LogP contribution in [0.4, 0.5) is 11.4 Å². The average molecular weight is 333 g/mol. The van der Waals surface area contributed by atoms with Crippen molar-refractivity contribution in [3.8, 4) is 0 Å². The van der Waals surface area contributed by atoms with E-state index in [-0.39, 0.29) is 18.2 Å². The summed E-state index contributed by atoms with van der Waals surface area (Å²) in [6.07, 6.45) is 0.157. The van der Waals surface area contributed by atoms with Gasteiger partial charge in [0.2, 0.25) is 11.8 Å². The zero-order valence-corrected chi connectivity index (χ0v) is 13.1. The van der Waals surface area contributed by atoms with Crippen molar-refractivity contribution in [2.24, 2.45) is 0 Å². The molecule has 1 atom stereocenters. The van der Waals surface area contributed by atoms with Crippen LogP contribution in [0.2, 0.25) is 5.02 Å². The number of anilines is 2. The Morgan fingerprint density at radius 2 is 1.91 bits per heavy atom. The van der Waals surface area contributed by atoms with Crippen LogP contribution in [0.25, 0.3) is 0 Å². The quantitative estimate of drug-likeness (QED) is 0.691. The molecule has 6 heteroatoms. The summed E-state index contributed by atoms with van der Waals surface area (Å²) in [5.74, 6) is -0.459. The molecule has 3 rings (SSSR count). The summed E-state index contributed by atoms with van der Waals surface area (Å²) in [6.45, 7) is 0. The van der Waals surface area contributed by atoms with Crippen molar-refractivity contribution in [2.75, 3.05) is 10.6 Å². The van der Waals surface area contributed by atoms with Crippen LogP contribution in [-0.2, 0) is 9.59 Å². The number of hydrogen-bond donors (Lipinski definition) is 1. The number of benzene rings is 2. The molecule has 1 heterocycles. The summed E-state index contributed by atoms with van der Waals surface area (Å²) in [4.78, 5) is 26.7. The monoisotopic (exact) mass is 332 g/mol. The van der Waals surface area contributed by atoms with Crippen molar-refractivity contribution < 1.29 is 9.59 Å². The van der Waals surface area contributed by atoms with Gasteiger partial charge in [-0.2, -0.15) is 0 Å². The fourth-order valence-corrected chi connectivity index (χ4v) is 3.61. The normalized spacial score (nSPS) is 18.0. The van der Waals surface area contributed by atoms with Crippen LogP contribution in [0, 0.1) is 0 Å². The molecule has 1 fully saturated rings. The first-order valence-electron chi connectivity index (χ1n) is 6.70. The Morgan fingerprint density at radius 3 is 2.64 bits per heavy atom. The van der Waals surface area contributed by atoms with Gasteiger partial charge < -0.3 is 5.73 Å². The highest BCUT2D eigenvalue weighted by Gasteiger charge is 2.40. The maximum absolute atomic E-state index is 12.5. The lowest BCUT2D eigenvalue weighted by Gasteiger charge is -2.15. The number of imide groups is 1. The Balaban J connectivity index is 1.84. The molecule has 1 saturated heterocycles. The van der Waals surface area contributed by atoms with E-state index in [2.05, 4.69) is 0 Å². The summed E-state index contributed by atoms with van der Waals surface area (Å²) in [6, 6.07) is 14.0. The summed E-state index contributed by atoms with van der Waals surface area (Å²) in [5, 5.41) is 0.0256. The molecule has 2 amide bonds. The van der Waals surface area contributed by atoms with E-state index in [9.17, 15) is 9.59 Å². The van der Waals surface area contributed by atoms with Crippen molar-refractivity contribution >= 4 is 46.6 Å². The molecule has 0 saturated carbocycles. The SMILES string of the molecule is Nc1ccccc1SC1CC(=O)N(c2cccc(Cl)c2)C1=O. The predicted octanol–water partition coefficient (Wildman–Crippen LogP) is 3.35. The molecule has 0 spiro atoms. The van der Waals surface area contributed by atoms with E-state index in [0.29, 0.717) is 16.4 Å². The summed E-state index contributed by atoms with van der Waals surface area (Å²) < 4.78 is 0. The number of nitrogens with two attached hydrogens (primary N) is 1. The lowest BCUT2D eigenvalue weighted by Crippen LogP contribution is -2.31. The van der Waals surface area contributed by atoms with Crippen LogP contribution in [0.15, 0.2) is 53.4 Å². The minimum Gasteiger partial charge on any atom is -0.398 e. The van der Waals surface area contributed by atoms with Gasteiger partial charge in [0.05, 0.1) is 10.9 Å². The molecule has 2 aromatic carbocycles. The predicted molar refractivity (Wildman–Crippen MR) is 89.1 cm³/mol. The standard InChI is InChI=1S/C16H13ClN2O2S/c17-10-4-3-5-11(8-10)19-15(20)9-14(16(19)21)22-13-7-2-1-6-12(13)18/h1-8,14H,9,18H2. The molecular formula is C16H13ClN2O2S. The maximum Gasteiger partial charge on any atom is 0.247 e. The van der Waals surface area contributed by atoms with Crippen LogP contribution in [0.3, 0.4) is 0 Å². The number of nitrogen functional groups attached to an aromatic ring is 1. The molecule has 1 aliphatic rings. The lowest BCUT2D eigenvalue weighted by atomic mass is 10.3. The van der Waals surface area contributed by atoms with E-state index in [0.717, 1.165) is 4.90 Å². The Kier molecular flexibility index (Phi) is 4.09. The third-order valence-electron chi connectivity index (χ3n) is 3.36. The van der Waals surface area contributed by atoms with Crippen molar-refractivity contribution in [3.05, 3.63) is 53.6 Å². The number of amides is 2. The van der Waals surface area contributed by atoms with Gasteiger partial charge in [-0.05, 0) is 30.3 Å². The van der Waals surface area contributed by atoms with Crippen molar-refractivity contribution in [1.82, 2.24) is 0 Å². The molecule has 2 aromatic rings. The van der Waals surface area contributed by atoms with Crippen LogP contribution < -0.4 is 10.6 Å². The van der Waals surface area contributed by atoms with Crippen LogP contribution in [0.5, 0.6) is 0 Å². The van der Waals surface area contributed by atoms with E-state index >= 15 is 0 Å². The van der Waals surface area contributed by atoms with Gasteiger partial charge in [-0.25, -0.2) is 4.90 Å². The number of carbonyl (C=O) groups is 2. The van der Waals surface area contributed by atoms with Gasteiger partial charge in [0.25, 0.3) is 0 Å². The first-order chi connectivity index (χ1) is 10.6. The van der Waals surface area contributed by atoms with Gasteiger partial charge in [-0.3, -0.25) is 9.59 Å². The highest BCUT2D eigenvalue weighted by Crippen LogP contribution is 2.36. The van der Waals surface area contributed by atoms with Crippen molar-refractivity contribution in [2.45, 2.75) is 16.6 Å². The van der Waals surface area contributed by atoms with Crippen molar-refractivity contribution in [3.63, 3.8) is 0 Å². The average Bonchev–Trinajstić information content (AvgIpc) is 2.76. The first-order valence-corrected chi connectivity index (χ1v) is 7.95. The van der Waals surface area contributed by atoms with Gasteiger partial charge in [0.15, 0.2) is 0 Å². The third-order valence-corrected chi connectivity index (χ3v) is 4.87. The molecule has 0 aromatic heterocycles. The van der Waals surface area contributed by atoms with E-state index in [1.807, 2.05) is 18.2 Å². The number of rotatable bonds is 3. The molecule has 0 aliphatic carbocycles. The van der Waals surface area contributed by atoms with Gasteiger partial charge >= 0.3 is 0 Å². The fourth-order valence-electron chi connectivity index (χ4n) is 2.32. The largest absolute Gasteiger partial charge is 0.398 e. The molecular weight excluding hydrogens is 320 g/mol. The number of nitrogens with zero attached hydrogens (tertiary/aromatic N) is 1. The van der Waals surface area contributed by atoms with Gasteiger partial charge in [-0.15, -0.1) is 11.8 Å². The highest BCUT2D eigenvalue weighted by atomic mass is 35.5. The highest BCUT2D eigenvalue weighted by molar-refractivity contribution is 8.00. The van der Waals surface area contributed by atoms with Crippen molar-refractivity contribution in [1.29, 1.82) is 0 Å². The summed E-state index contributed by atoms with van der Waals surface area (Å²) >= 11 is 7.26. The molecule has 1 unspecified atom stereocenters. The number of hydrogen-bond acceptors (Lipinski definition) is 4. The lowest BCUT2D eigenvalue weighted by molar-refractivity contribution is -0.121. The third kappa shape index (κ3) is 2.82. The Morgan fingerprint density at radius 1 is 1.14 bits per heavy atom. The number of carbonyl (C=O) groups excluding carboxylic acids is 2. The minimum atomic E-state index is -0.462. The second-order valence-corrected chi connectivity index (χ2v) is 6.58. The number of thioether (sulfide) groups is 1. The van der Waals surface area contributed by atoms with E-state index < -0.39 is 5.25 Å². The Bertz CT molecular complexity index is 750. The van der Waals surface area contributed by atoms with Crippen LogP contribution in [-0.4, -0.2) is 17.1 Å². The van der Waals surface area contributed by atoms with E-state index in [1.165, 1.54) is 16.7 Å². The van der Waals surface area contributed by atoms with E-state index in [4.69, 9.17) is 17.3 Å². The molecule has 4 nitrogen and oxygen atoms in total. The number of para-hydroxylation sites is 1. The first kappa shape index (κ1) is 14.9. The smallest absolute Gasteiger partial charge is 0.247 e. The molecule has 22 heavy (non-hydrogen) atoms. The molecule has 2 N–H and O–H groups in total. The topological polar surface area (TPSA) is 63.4 Å². The van der Waals surface area contributed by atoms with Gasteiger partial charge in [0, 0.05) is 22.0 Å². The van der Waals surface area contributed by atoms with Crippen LogP contribution in [0.1, 0.15) is 6.42 Å². The summed E-state index contributed by atoms with van der Waals surface area (Å²) in [7, 11) is 0. The Hall–Kier alpha value is -1.98. The zero-order chi connectivity index (χ0) is 15.7. The minimum absolute atomic E-state index is 0.157. The van der Waals surface area contributed by atoms with Gasteiger partial charge in [0.1, 0.15) is 0 Å². The zero-order valence-electron chi connectivity index (χ0n) is 11.5. The molecule has 0 radical (unpaired) electrons. The van der Waals surface area contributed by atoms with Gasteiger partial charge in [-0.1, -0.05) is 29.8 Å². The number of halogens is 1. The second kappa shape index (κ2) is 6.02.